The van der Waals surface area contributed by atoms with E-state index >= 15 is 0 Å². The maximum atomic E-state index is 12.3. The second-order valence-corrected chi connectivity index (χ2v) is 6.35. The van der Waals surface area contributed by atoms with Gasteiger partial charge in [-0.1, -0.05) is 0 Å². The highest BCUT2D eigenvalue weighted by molar-refractivity contribution is 5.94. The van der Waals surface area contributed by atoms with E-state index in [9.17, 15) is 28.8 Å². The van der Waals surface area contributed by atoms with Crippen LogP contribution in [0.15, 0.2) is 0 Å². The molecule has 12 N–H and O–H groups in total. The molecular weight excluding hydrogens is 432 g/mol. The number of carboxylic acids is 2. The molecule has 16 heteroatoms. The van der Waals surface area contributed by atoms with Crippen LogP contribution in [0.5, 0.6) is 0 Å². The Hall–Kier alpha value is -3.95. The SMILES string of the molecule is N=C(N)NCCCC(NC(=O)CN)C(=O)NCC(=O)NC(CC(=O)O)C(=O)NCC(=O)O. The number of aliphatic carboxylic acids is 2. The Bertz CT molecular complexity index is 729. The van der Waals surface area contributed by atoms with Crippen LogP contribution in [0.4, 0.5) is 0 Å². The quantitative estimate of drug-likeness (QED) is 0.0627. The summed E-state index contributed by atoms with van der Waals surface area (Å²) in [5.41, 5.74) is 10.4. The van der Waals surface area contributed by atoms with Crippen LogP contribution >= 0.6 is 0 Å². The fourth-order valence-corrected chi connectivity index (χ4v) is 2.26. The maximum Gasteiger partial charge on any atom is 0.322 e. The van der Waals surface area contributed by atoms with Crippen molar-refractivity contribution < 1.29 is 39.0 Å². The van der Waals surface area contributed by atoms with E-state index in [1.165, 1.54) is 0 Å². The smallest absolute Gasteiger partial charge is 0.322 e. The first-order valence-electron chi connectivity index (χ1n) is 9.31. The second kappa shape index (κ2) is 14.9. The zero-order valence-corrected chi connectivity index (χ0v) is 17.1. The van der Waals surface area contributed by atoms with Crippen LogP contribution in [-0.2, 0) is 28.8 Å². The summed E-state index contributed by atoms with van der Waals surface area (Å²) < 4.78 is 0. The molecule has 0 spiro atoms. The monoisotopic (exact) mass is 460 g/mol. The van der Waals surface area contributed by atoms with E-state index in [0.29, 0.717) is 6.42 Å². The summed E-state index contributed by atoms with van der Waals surface area (Å²) in [5.74, 6) is -6.36. The molecule has 0 aliphatic rings. The number of hydrogen-bond acceptors (Lipinski definition) is 8. The van der Waals surface area contributed by atoms with Crippen LogP contribution in [0.25, 0.3) is 0 Å². The van der Waals surface area contributed by atoms with E-state index in [4.69, 9.17) is 27.1 Å². The normalized spacial score (nSPS) is 11.9. The molecule has 0 aromatic heterocycles. The Balaban J connectivity index is 4.85. The third-order valence-electron chi connectivity index (χ3n) is 3.69. The van der Waals surface area contributed by atoms with Crippen molar-refractivity contribution in [2.45, 2.75) is 31.3 Å². The van der Waals surface area contributed by atoms with Crippen molar-refractivity contribution >= 4 is 41.5 Å². The van der Waals surface area contributed by atoms with Gasteiger partial charge in [-0.3, -0.25) is 34.2 Å². The topological polar surface area (TPSA) is 279 Å². The third-order valence-corrected chi connectivity index (χ3v) is 3.69. The van der Waals surface area contributed by atoms with E-state index in [2.05, 4.69) is 21.3 Å². The van der Waals surface area contributed by atoms with Gasteiger partial charge < -0.3 is 48.3 Å². The molecule has 0 saturated carbocycles. The number of hydrogen-bond donors (Lipinski definition) is 10. The van der Waals surface area contributed by atoms with E-state index in [1.807, 2.05) is 5.32 Å². The molecule has 0 rings (SSSR count). The van der Waals surface area contributed by atoms with Crippen molar-refractivity contribution in [2.75, 3.05) is 26.2 Å². The fourth-order valence-electron chi connectivity index (χ4n) is 2.26. The molecule has 16 nitrogen and oxygen atoms in total. The Labute approximate surface area is 182 Å². The number of carboxylic acid groups (broad SMARTS) is 2. The summed E-state index contributed by atoms with van der Waals surface area (Å²) in [6.07, 6.45) is -0.360. The molecular formula is C16H28N8O8. The van der Waals surface area contributed by atoms with Gasteiger partial charge in [0.2, 0.25) is 23.6 Å². The molecule has 0 saturated heterocycles. The molecule has 0 aromatic carbocycles. The van der Waals surface area contributed by atoms with Gasteiger partial charge >= 0.3 is 11.9 Å². The summed E-state index contributed by atoms with van der Waals surface area (Å²) in [6.45, 7) is -1.55. The lowest BCUT2D eigenvalue weighted by Crippen LogP contribution is -2.53. The van der Waals surface area contributed by atoms with E-state index < -0.39 is 67.2 Å². The van der Waals surface area contributed by atoms with Gasteiger partial charge in [0.25, 0.3) is 0 Å². The van der Waals surface area contributed by atoms with Crippen molar-refractivity contribution in [1.29, 1.82) is 5.41 Å². The molecule has 0 bridgehead atoms. The van der Waals surface area contributed by atoms with Crippen LogP contribution in [0.1, 0.15) is 19.3 Å². The lowest BCUT2D eigenvalue weighted by atomic mass is 10.1. The molecule has 0 aromatic rings. The van der Waals surface area contributed by atoms with Gasteiger partial charge in [0.15, 0.2) is 5.96 Å². The van der Waals surface area contributed by atoms with Gasteiger partial charge in [0.05, 0.1) is 19.5 Å². The lowest BCUT2D eigenvalue weighted by molar-refractivity contribution is -0.141. The predicted molar refractivity (Wildman–Crippen MR) is 108 cm³/mol. The van der Waals surface area contributed by atoms with Crippen molar-refractivity contribution in [3.8, 4) is 0 Å². The van der Waals surface area contributed by atoms with Crippen LogP contribution in [0, 0.1) is 5.41 Å². The standard InChI is InChI=1S/C16H28N8O8/c17-5-10(25)23-8(2-1-3-20-16(18)19)14(31)21-6-11(26)24-9(4-12(27)28)15(32)22-7-13(29)30/h8-9H,1-7,17H2,(H,21,31)(H,22,32)(H,23,25)(H,24,26)(H,27,28)(H,29,30)(H4,18,19,20). The number of carbonyl (C=O) groups is 6. The summed E-state index contributed by atoms with van der Waals surface area (Å²) in [4.78, 5) is 69.2. The fraction of sp³-hybridized carbons (Fsp3) is 0.562. The summed E-state index contributed by atoms with van der Waals surface area (Å²) in [7, 11) is 0. The molecule has 32 heavy (non-hydrogen) atoms. The number of nitrogens with one attached hydrogen (secondary N) is 6. The minimum Gasteiger partial charge on any atom is -0.481 e. The number of rotatable bonds is 15. The molecule has 4 amide bonds. The molecule has 0 fully saturated rings. The van der Waals surface area contributed by atoms with Crippen molar-refractivity contribution in [1.82, 2.24) is 26.6 Å². The highest BCUT2D eigenvalue weighted by Crippen LogP contribution is 1.98. The van der Waals surface area contributed by atoms with Gasteiger partial charge in [-0.25, -0.2) is 0 Å². The van der Waals surface area contributed by atoms with E-state index in [-0.39, 0.29) is 25.5 Å². The molecule has 0 aliphatic heterocycles. The molecule has 2 atom stereocenters. The first-order chi connectivity index (χ1) is 15.0. The first kappa shape index (κ1) is 28.0. The first-order valence-corrected chi connectivity index (χ1v) is 9.31. The van der Waals surface area contributed by atoms with Gasteiger partial charge in [-0.15, -0.1) is 0 Å². The molecule has 0 aliphatic carbocycles. The highest BCUT2D eigenvalue weighted by atomic mass is 16.4. The zero-order chi connectivity index (χ0) is 24.7. The van der Waals surface area contributed by atoms with Gasteiger partial charge in [-0.05, 0) is 12.8 Å². The minimum atomic E-state index is -1.57. The minimum absolute atomic E-state index is 0.124. The van der Waals surface area contributed by atoms with Crippen LogP contribution in [0.2, 0.25) is 0 Å². The molecule has 2 unspecified atom stereocenters. The zero-order valence-electron chi connectivity index (χ0n) is 17.1. The lowest BCUT2D eigenvalue weighted by Gasteiger charge is -2.19. The highest BCUT2D eigenvalue weighted by Gasteiger charge is 2.25. The second-order valence-electron chi connectivity index (χ2n) is 6.35. The number of guanidine groups is 1. The van der Waals surface area contributed by atoms with Crippen molar-refractivity contribution in [2.24, 2.45) is 11.5 Å². The van der Waals surface area contributed by atoms with Gasteiger partial charge in [0, 0.05) is 6.54 Å². The number of carbonyl (C=O) groups excluding carboxylic acids is 4. The molecule has 0 radical (unpaired) electrons. The van der Waals surface area contributed by atoms with Gasteiger partial charge in [0.1, 0.15) is 18.6 Å². The average molecular weight is 460 g/mol. The Kier molecular flexibility index (Phi) is 13.1. The Morgan fingerprint density at radius 1 is 0.812 bits per heavy atom. The Morgan fingerprint density at radius 2 is 1.38 bits per heavy atom. The third kappa shape index (κ3) is 13.3. The number of nitrogens with two attached hydrogens (primary N) is 2. The molecule has 180 valence electrons. The predicted octanol–water partition coefficient (Wildman–Crippen LogP) is -5.03. The van der Waals surface area contributed by atoms with Gasteiger partial charge in [-0.2, -0.15) is 0 Å². The summed E-state index contributed by atoms with van der Waals surface area (Å²) in [5, 5.41) is 35.7. The van der Waals surface area contributed by atoms with Crippen LogP contribution in [0.3, 0.4) is 0 Å². The maximum absolute atomic E-state index is 12.3. The van der Waals surface area contributed by atoms with Crippen molar-refractivity contribution in [3.05, 3.63) is 0 Å². The Morgan fingerprint density at radius 3 is 1.91 bits per heavy atom. The van der Waals surface area contributed by atoms with Crippen LogP contribution in [-0.4, -0.2) is 90.0 Å². The summed E-state index contributed by atoms with van der Waals surface area (Å²) in [6, 6.07) is -2.62. The van der Waals surface area contributed by atoms with Crippen LogP contribution < -0.4 is 38.1 Å². The number of amides is 4. The van der Waals surface area contributed by atoms with Crippen molar-refractivity contribution in [3.63, 3.8) is 0 Å². The van der Waals surface area contributed by atoms with E-state index in [0.717, 1.165) is 0 Å². The van der Waals surface area contributed by atoms with E-state index in [1.54, 1.807) is 0 Å². The molecule has 0 heterocycles. The largest absolute Gasteiger partial charge is 0.481 e. The average Bonchev–Trinajstić information content (AvgIpc) is 2.71. The summed E-state index contributed by atoms with van der Waals surface area (Å²) >= 11 is 0.